The van der Waals surface area contributed by atoms with Crippen molar-refractivity contribution in [3.63, 3.8) is 0 Å². The predicted octanol–water partition coefficient (Wildman–Crippen LogP) is 3.34. The lowest BCUT2D eigenvalue weighted by molar-refractivity contribution is -0.116. The highest BCUT2D eigenvalue weighted by atomic mass is 32.2. The van der Waals surface area contributed by atoms with Crippen molar-refractivity contribution in [3.05, 3.63) is 59.4 Å². The first-order chi connectivity index (χ1) is 12.6. The molecular formula is C20H23FN2O3S. The van der Waals surface area contributed by atoms with Crippen LogP contribution in [0.3, 0.4) is 0 Å². The Morgan fingerprint density at radius 3 is 2.44 bits per heavy atom. The van der Waals surface area contributed by atoms with Gasteiger partial charge in [-0.05, 0) is 68.1 Å². The van der Waals surface area contributed by atoms with Crippen LogP contribution in [-0.2, 0) is 26.8 Å². The Hall–Kier alpha value is -2.25. The third-order valence-electron chi connectivity index (χ3n) is 4.82. The standard InChI is InChI=1S/C20H23FN2O3S/c1-14(24)23-12-4-5-15-13-18(10-11-19(15)23)27(25,26)22-20(2,3)16-6-8-17(21)9-7-16/h6-11,13,22H,4-5,12H2,1-3H3. The first-order valence-electron chi connectivity index (χ1n) is 8.81. The first-order valence-corrected chi connectivity index (χ1v) is 10.3. The van der Waals surface area contributed by atoms with Crippen LogP contribution >= 0.6 is 0 Å². The fraction of sp³-hybridized carbons (Fsp3) is 0.350. The third-order valence-corrected chi connectivity index (χ3v) is 6.47. The lowest BCUT2D eigenvalue weighted by Crippen LogP contribution is -2.41. The van der Waals surface area contributed by atoms with Crippen LogP contribution in [0.1, 0.15) is 38.3 Å². The molecule has 0 unspecified atom stereocenters. The van der Waals surface area contributed by atoms with Gasteiger partial charge in [-0.15, -0.1) is 0 Å². The summed E-state index contributed by atoms with van der Waals surface area (Å²) < 4.78 is 41.7. The highest BCUT2D eigenvalue weighted by Crippen LogP contribution is 2.30. The van der Waals surface area contributed by atoms with Gasteiger partial charge in [-0.3, -0.25) is 4.79 Å². The van der Waals surface area contributed by atoms with Gasteiger partial charge in [0, 0.05) is 19.2 Å². The number of hydrogen-bond acceptors (Lipinski definition) is 3. The van der Waals surface area contributed by atoms with E-state index < -0.39 is 15.6 Å². The van der Waals surface area contributed by atoms with E-state index in [4.69, 9.17) is 0 Å². The van der Waals surface area contributed by atoms with Crippen molar-refractivity contribution in [2.45, 2.75) is 44.0 Å². The van der Waals surface area contributed by atoms with Gasteiger partial charge in [0.1, 0.15) is 5.82 Å². The van der Waals surface area contributed by atoms with E-state index in [2.05, 4.69) is 4.72 Å². The number of halogens is 1. The second-order valence-corrected chi connectivity index (χ2v) is 8.98. The quantitative estimate of drug-likeness (QED) is 0.871. The van der Waals surface area contributed by atoms with Crippen LogP contribution < -0.4 is 9.62 Å². The van der Waals surface area contributed by atoms with Crippen LogP contribution in [0.25, 0.3) is 0 Å². The van der Waals surface area contributed by atoms with Crippen molar-refractivity contribution in [3.8, 4) is 0 Å². The number of nitrogens with one attached hydrogen (secondary N) is 1. The molecule has 0 saturated heterocycles. The second kappa shape index (κ2) is 7.05. The van der Waals surface area contributed by atoms with E-state index in [0.717, 1.165) is 24.1 Å². The van der Waals surface area contributed by atoms with Crippen molar-refractivity contribution in [1.82, 2.24) is 4.72 Å². The first kappa shape index (κ1) is 19.5. The number of hydrogen-bond donors (Lipinski definition) is 1. The number of sulfonamides is 1. The third kappa shape index (κ3) is 4.04. The Morgan fingerprint density at radius 2 is 1.81 bits per heavy atom. The van der Waals surface area contributed by atoms with Gasteiger partial charge in [0.15, 0.2) is 0 Å². The summed E-state index contributed by atoms with van der Waals surface area (Å²) in [6, 6.07) is 10.6. The van der Waals surface area contributed by atoms with Gasteiger partial charge in [0.2, 0.25) is 15.9 Å². The van der Waals surface area contributed by atoms with Crippen molar-refractivity contribution >= 4 is 21.6 Å². The van der Waals surface area contributed by atoms with Gasteiger partial charge < -0.3 is 4.90 Å². The summed E-state index contributed by atoms with van der Waals surface area (Å²) >= 11 is 0. The van der Waals surface area contributed by atoms with Gasteiger partial charge in [0.25, 0.3) is 0 Å². The maximum Gasteiger partial charge on any atom is 0.241 e. The molecule has 0 bridgehead atoms. The molecule has 1 N–H and O–H groups in total. The van der Waals surface area contributed by atoms with Crippen LogP contribution in [0.2, 0.25) is 0 Å². The molecule has 0 aliphatic carbocycles. The van der Waals surface area contributed by atoms with Gasteiger partial charge in [-0.1, -0.05) is 12.1 Å². The van der Waals surface area contributed by atoms with Gasteiger partial charge in [-0.2, -0.15) is 0 Å². The normalized spacial score (nSPS) is 14.7. The Morgan fingerprint density at radius 1 is 1.15 bits per heavy atom. The molecule has 0 aromatic heterocycles. The summed E-state index contributed by atoms with van der Waals surface area (Å²) in [5, 5.41) is 0. The number of carbonyl (C=O) groups excluding carboxylic acids is 1. The number of fused-ring (bicyclic) bond motifs is 1. The maximum absolute atomic E-state index is 13.2. The zero-order valence-electron chi connectivity index (χ0n) is 15.6. The maximum atomic E-state index is 13.2. The summed E-state index contributed by atoms with van der Waals surface area (Å²) in [5.74, 6) is -0.427. The monoisotopic (exact) mass is 390 g/mol. The number of rotatable bonds is 4. The molecule has 2 aromatic carbocycles. The average molecular weight is 390 g/mol. The van der Waals surface area contributed by atoms with Crippen molar-refractivity contribution in [2.24, 2.45) is 0 Å². The molecule has 7 heteroatoms. The van der Waals surface area contributed by atoms with Crippen molar-refractivity contribution < 1.29 is 17.6 Å². The van der Waals surface area contributed by atoms with E-state index >= 15 is 0 Å². The molecule has 0 atom stereocenters. The molecule has 1 aliphatic heterocycles. The molecule has 5 nitrogen and oxygen atoms in total. The predicted molar refractivity (Wildman–Crippen MR) is 103 cm³/mol. The molecule has 1 amide bonds. The fourth-order valence-corrected chi connectivity index (χ4v) is 4.84. The molecule has 1 aliphatic rings. The van der Waals surface area contributed by atoms with Gasteiger partial charge in [0.05, 0.1) is 10.4 Å². The summed E-state index contributed by atoms with van der Waals surface area (Å²) in [6.07, 6.45) is 1.52. The highest BCUT2D eigenvalue weighted by Gasteiger charge is 2.29. The summed E-state index contributed by atoms with van der Waals surface area (Å²) in [6.45, 7) is 5.61. The number of amides is 1. The van der Waals surface area contributed by atoms with Crippen molar-refractivity contribution in [1.29, 1.82) is 0 Å². The minimum atomic E-state index is -3.79. The highest BCUT2D eigenvalue weighted by molar-refractivity contribution is 7.89. The van der Waals surface area contributed by atoms with Crippen LogP contribution in [0.5, 0.6) is 0 Å². The minimum Gasteiger partial charge on any atom is -0.312 e. The molecule has 0 radical (unpaired) electrons. The molecule has 1 heterocycles. The number of carbonyl (C=O) groups is 1. The molecule has 0 fully saturated rings. The molecule has 3 rings (SSSR count). The molecular weight excluding hydrogens is 367 g/mol. The van der Waals surface area contributed by atoms with Crippen LogP contribution in [-0.4, -0.2) is 20.9 Å². The van der Waals surface area contributed by atoms with E-state index in [1.54, 1.807) is 43.0 Å². The smallest absolute Gasteiger partial charge is 0.241 e. The largest absolute Gasteiger partial charge is 0.312 e. The number of benzene rings is 2. The molecule has 0 spiro atoms. The number of nitrogens with zero attached hydrogens (tertiary/aromatic N) is 1. The Bertz CT molecular complexity index is 969. The van der Waals surface area contributed by atoms with E-state index in [0.29, 0.717) is 12.1 Å². The number of anilines is 1. The van der Waals surface area contributed by atoms with Gasteiger partial charge in [-0.25, -0.2) is 17.5 Å². The molecule has 27 heavy (non-hydrogen) atoms. The zero-order chi connectivity index (χ0) is 19.8. The SMILES string of the molecule is CC(=O)N1CCCc2cc(S(=O)(=O)NC(C)(C)c3ccc(F)cc3)ccc21. The van der Waals surface area contributed by atoms with Crippen LogP contribution in [0, 0.1) is 5.82 Å². The summed E-state index contributed by atoms with van der Waals surface area (Å²) in [7, 11) is -3.79. The topological polar surface area (TPSA) is 66.5 Å². The van der Waals surface area contributed by atoms with Crippen molar-refractivity contribution in [2.75, 3.05) is 11.4 Å². The molecule has 144 valence electrons. The van der Waals surface area contributed by atoms with Gasteiger partial charge >= 0.3 is 0 Å². The van der Waals surface area contributed by atoms with Crippen LogP contribution in [0.4, 0.5) is 10.1 Å². The lowest BCUT2D eigenvalue weighted by Gasteiger charge is -2.30. The summed E-state index contributed by atoms with van der Waals surface area (Å²) in [5.41, 5.74) is 1.37. The summed E-state index contributed by atoms with van der Waals surface area (Å²) in [4.78, 5) is 13.6. The molecule has 2 aromatic rings. The van der Waals surface area contributed by atoms with E-state index in [-0.39, 0.29) is 16.6 Å². The Labute approximate surface area is 159 Å². The lowest BCUT2D eigenvalue weighted by atomic mass is 9.96. The number of aryl methyl sites for hydroxylation is 1. The van der Waals surface area contributed by atoms with Crippen LogP contribution in [0.15, 0.2) is 47.4 Å². The van der Waals surface area contributed by atoms with E-state index in [9.17, 15) is 17.6 Å². The average Bonchev–Trinajstić information content (AvgIpc) is 2.60. The Kier molecular flexibility index (Phi) is 5.10. The van der Waals surface area contributed by atoms with E-state index in [1.807, 2.05) is 0 Å². The Balaban J connectivity index is 1.91. The second-order valence-electron chi connectivity index (χ2n) is 7.30. The van der Waals surface area contributed by atoms with E-state index in [1.165, 1.54) is 25.1 Å². The minimum absolute atomic E-state index is 0.0536. The zero-order valence-corrected chi connectivity index (χ0v) is 16.4. The molecule has 0 saturated carbocycles. The fourth-order valence-electron chi connectivity index (χ4n) is 3.39.